The van der Waals surface area contributed by atoms with E-state index in [9.17, 15) is 4.79 Å². The van der Waals surface area contributed by atoms with Gasteiger partial charge in [0.2, 0.25) is 5.89 Å². The highest BCUT2D eigenvalue weighted by atomic mass is 16.5. The van der Waals surface area contributed by atoms with Crippen molar-refractivity contribution in [3.05, 3.63) is 65.9 Å². The fourth-order valence-electron chi connectivity index (χ4n) is 2.34. The van der Waals surface area contributed by atoms with Gasteiger partial charge in [0.1, 0.15) is 0 Å². The Hall–Kier alpha value is -2.88. The van der Waals surface area contributed by atoms with Crippen molar-refractivity contribution in [2.24, 2.45) is 0 Å². The SMILES string of the molecule is CCOC(=O)c1nc(-c2ccccc2)oc1-c1cccc(C)c1. The van der Waals surface area contributed by atoms with Crippen molar-refractivity contribution in [1.82, 2.24) is 4.98 Å². The van der Waals surface area contributed by atoms with Gasteiger partial charge in [0, 0.05) is 11.1 Å². The molecule has 0 radical (unpaired) electrons. The molecule has 0 atom stereocenters. The third kappa shape index (κ3) is 3.16. The Morgan fingerprint density at radius 1 is 1.09 bits per heavy atom. The molecule has 0 N–H and O–H groups in total. The lowest BCUT2D eigenvalue weighted by Crippen LogP contribution is -2.06. The Morgan fingerprint density at radius 2 is 1.83 bits per heavy atom. The summed E-state index contributed by atoms with van der Waals surface area (Å²) >= 11 is 0. The van der Waals surface area contributed by atoms with Crippen LogP contribution in [0.25, 0.3) is 22.8 Å². The van der Waals surface area contributed by atoms with Crippen molar-refractivity contribution in [3.8, 4) is 22.8 Å². The summed E-state index contributed by atoms with van der Waals surface area (Å²) in [6.07, 6.45) is 0. The molecule has 0 unspecified atom stereocenters. The third-order valence-corrected chi connectivity index (χ3v) is 3.40. The first-order chi connectivity index (χ1) is 11.2. The first-order valence-corrected chi connectivity index (χ1v) is 7.49. The number of esters is 1. The molecule has 0 saturated heterocycles. The number of carbonyl (C=O) groups excluding carboxylic acids is 1. The summed E-state index contributed by atoms with van der Waals surface area (Å²) in [6.45, 7) is 4.05. The summed E-state index contributed by atoms with van der Waals surface area (Å²) in [6, 6.07) is 17.3. The molecule has 0 fully saturated rings. The number of aryl methyl sites for hydroxylation is 1. The van der Waals surface area contributed by atoms with E-state index < -0.39 is 5.97 Å². The summed E-state index contributed by atoms with van der Waals surface area (Å²) in [5.74, 6) is 0.367. The molecule has 1 aromatic heterocycles. The number of oxazole rings is 1. The van der Waals surface area contributed by atoms with Crippen LogP contribution < -0.4 is 0 Å². The Balaban J connectivity index is 2.13. The standard InChI is InChI=1S/C19H17NO3/c1-3-22-19(21)16-17(15-11-7-8-13(2)12-15)23-18(20-16)14-9-5-4-6-10-14/h4-12H,3H2,1-2H3. The summed E-state index contributed by atoms with van der Waals surface area (Å²) in [7, 11) is 0. The zero-order valence-electron chi connectivity index (χ0n) is 13.1. The van der Waals surface area contributed by atoms with E-state index in [1.807, 2.05) is 61.5 Å². The minimum Gasteiger partial charge on any atom is -0.461 e. The number of nitrogens with zero attached hydrogens (tertiary/aromatic N) is 1. The predicted molar refractivity (Wildman–Crippen MR) is 88.1 cm³/mol. The molecule has 23 heavy (non-hydrogen) atoms. The Morgan fingerprint density at radius 3 is 2.52 bits per heavy atom. The Kier molecular flexibility index (Phi) is 4.24. The van der Waals surface area contributed by atoms with E-state index in [1.165, 1.54) is 0 Å². The number of carbonyl (C=O) groups is 1. The molecule has 0 bridgehead atoms. The van der Waals surface area contributed by atoms with Gasteiger partial charge in [-0.15, -0.1) is 0 Å². The summed E-state index contributed by atoms with van der Waals surface area (Å²) in [5.41, 5.74) is 2.91. The van der Waals surface area contributed by atoms with Gasteiger partial charge in [-0.1, -0.05) is 42.0 Å². The zero-order chi connectivity index (χ0) is 16.2. The van der Waals surface area contributed by atoms with Crippen LogP contribution in [0, 0.1) is 6.92 Å². The molecule has 3 rings (SSSR count). The highest BCUT2D eigenvalue weighted by Crippen LogP contribution is 2.30. The first kappa shape index (κ1) is 15.0. The number of benzene rings is 2. The summed E-state index contributed by atoms with van der Waals surface area (Å²) in [5, 5.41) is 0. The molecule has 0 amide bonds. The van der Waals surface area contributed by atoms with Crippen LogP contribution in [-0.2, 0) is 4.74 Å². The number of hydrogen-bond donors (Lipinski definition) is 0. The van der Waals surface area contributed by atoms with Gasteiger partial charge in [0.05, 0.1) is 6.61 Å². The van der Waals surface area contributed by atoms with Gasteiger partial charge >= 0.3 is 5.97 Å². The smallest absolute Gasteiger partial charge is 0.361 e. The van der Waals surface area contributed by atoms with Gasteiger partial charge < -0.3 is 9.15 Å². The minimum atomic E-state index is -0.477. The molecular weight excluding hydrogens is 290 g/mol. The van der Waals surface area contributed by atoms with E-state index in [0.29, 0.717) is 18.3 Å². The second kappa shape index (κ2) is 6.48. The van der Waals surface area contributed by atoms with Crippen LogP contribution in [0.5, 0.6) is 0 Å². The normalized spacial score (nSPS) is 10.5. The molecule has 3 aromatic rings. The van der Waals surface area contributed by atoms with Crippen LogP contribution >= 0.6 is 0 Å². The van der Waals surface area contributed by atoms with Gasteiger partial charge in [-0.05, 0) is 32.0 Å². The molecule has 0 aliphatic heterocycles. The minimum absolute atomic E-state index is 0.205. The molecule has 0 aliphatic carbocycles. The highest BCUT2D eigenvalue weighted by Gasteiger charge is 2.23. The molecule has 0 aliphatic rings. The Bertz CT molecular complexity index is 822. The number of ether oxygens (including phenoxy) is 1. The van der Waals surface area contributed by atoms with Crippen molar-refractivity contribution in [2.75, 3.05) is 6.61 Å². The molecule has 1 heterocycles. The van der Waals surface area contributed by atoms with E-state index in [4.69, 9.17) is 9.15 Å². The Labute approximate surface area is 134 Å². The highest BCUT2D eigenvalue weighted by molar-refractivity contribution is 5.94. The molecular formula is C19H17NO3. The van der Waals surface area contributed by atoms with Crippen LogP contribution in [0.15, 0.2) is 59.0 Å². The molecule has 0 spiro atoms. The second-order valence-corrected chi connectivity index (χ2v) is 5.15. The van der Waals surface area contributed by atoms with Gasteiger partial charge in [-0.3, -0.25) is 0 Å². The van der Waals surface area contributed by atoms with Crippen LogP contribution in [0.4, 0.5) is 0 Å². The quantitative estimate of drug-likeness (QED) is 0.666. The van der Waals surface area contributed by atoms with Crippen molar-refractivity contribution in [3.63, 3.8) is 0 Å². The van der Waals surface area contributed by atoms with E-state index in [-0.39, 0.29) is 5.69 Å². The monoisotopic (exact) mass is 307 g/mol. The lowest BCUT2D eigenvalue weighted by Gasteiger charge is -2.02. The van der Waals surface area contributed by atoms with Crippen molar-refractivity contribution < 1.29 is 13.9 Å². The second-order valence-electron chi connectivity index (χ2n) is 5.15. The van der Waals surface area contributed by atoms with Crippen molar-refractivity contribution in [1.29, 1.82) is 0 Å². The lowest BCUT2D eigenvalue weighted by molar-refractivity contribution is 0.0520. The first-order valence-electron chi connectivity index (χ1n) is 7.49. The van der Waals surface area contributed by atoms with Crippen LogP contribution in [0.1, 0.15) is 23.0 Å². The van der Waals surface area contributed by atoms with E-state index in [2.05, 4.69) is 4.98 Å². The van der Waals surface area contributed by atoms with Gasteiger partial charge in [-0.25, -0.2) is 9.78 Å². The average Bonchev–Trinajstić information content (AvgIpc) is 3.01. The maximum Gasteiger partial charge on any atom is 0.361 e. The van der Waals surface area contributed by atoms with Gasteiger partial charge in [-0.2, -0.15) is 0 Å². The van der Waals surface area contributed by atoms with E-state index in [0.717, 1.165) is 16.7 Å². The van der Waals surface area contributed by atoms with Gasteiger partial charge in [0.15, 0.2) is 11.5 Å². The zero-order valence-corrected chi connectivity index (χ0v) is 13.1. The summed E-state index contributed by atoms with van der Waals surface area (Å²) < 4.78 is 11.0. The number of aromatic nitrogens is 1. The third-order valence-electron chi connectivity index (χ3n) is 3.40. The van der Waals surface area contributed by atoms with E-state index in [1.54, 1.807) is 6.92 Å². The topological polar surface area (TPSA) is 52.3 Å². The van der Waals surface area contributed by atoms with Crippen molar-refractivity contribution in [2.45, 2.75) is 13.8 Å². The van der Waals surface area contributed by atoms with Crippen LogP contribution in [0.2, 0.25) is 0 Å². The molecule has 4 nitrogen and oxygen atoms in total. The summed E-state index contributed by atoms with van der Waals surface area (Å²) in [4.78, 5) is 16.6. The van der Waals surface area contributed by atoms with Crippen LogP contribution in [-0.4, -0.2) is 17.6 Å². The van der Waals surface area contributed by atoms with E-state index >= 15 is 0 Å². The van der Waals surface area contributed by atoms with Crippen molar-refractivity contribution >= 4 is 5.97 Å². The largest absolute Gasteiger partial charge is 0.461 e. The molecule has 116 valence electrons. The average molecular weight is 307 g/mol. The van der Waals surface area contributed by atoms with Gasteiger partial charge in [0.25, 0.3) is 0 Å². The maximum absolute atomic E-state index is 12.2. The number of hydrogen-bond acceptors (Lipinski definition) is 4. The lowest BCUT2D eigenvalue weighted by atomic mass is 10.1. The molecule has 0 saturated carbocycles. The molecule has 4 heteroatoms. The number of rotatable bonds is 4. The molecule has 2 aromatic carbocycles. The predicted octanol–water partition coefficient (Wildman–Crippen LogP) is 4.49. The fraction of sp³-hybridized carbons (Fsp3) is 0.158. The van der Waals surface area contributed by atoms with Crippen LogP contribution in [0.3, 0.4) is 0 Å². The maximum atomic E-state index is 12.2. The fourth-order valence-corrected chi connectivity index (χ4v) is 2.34.